The molecule has 4 rings (SSSR count). The van der Waals surface area contributed by atoms with Crippen LogP contribution >= 0.6 is 0 Å². The third-order valence-corrected chi connectivity index (χ3v) is 6.33. The quantitative estimate of drug-likeness (QED) is 0.756. The Balaban J connectivity index is 1.51. The van der Waals surface area contributed by atoms with Gasteiger partial charge in [-0.25, -0.2) is 4.79 Å². The molecule has 1 saturated heterocycles. The summed E-state index contributed by atoms with van der Waals surface area (Å²) in [5.41, 5.74) is 3.08. The minimum atomic E-state index is -0.610. The van der Waals surface area contributed by atoms with Crippen molar-refractivity contribution in [2.24, 2.45) is 0 Å². The van der Waals surface area contributed by atoms with Gasteiger partial charge in [-0.05, 0) is 56.7 Å². The second-order valence-corrected chi connectivity index (χ2v) is 10.1. The summed E-state index contributed by atoms with van der Waals surface area (Å²) in [7, 11) is 0. The molecule has 33 heavy (non-hydrogen) atoms. The zero-order valence-corrected chi connectivity index (χ0v) is 19.9. The number of hydrogen-bond acceptors (Lipinski definition) is 4. The zero-order chi connectivity index (χ0) is 23.4. The van der Waals surface area contributed by atoms with Crippen LogP contribution in [0.25, 0.3) is 0 Å². The summed E-state index contributed by atoms with van der Waals surface area (Å²) >= 11 is 0. The molecule has 2 aromatic rings. The van der Waals surface area contributed by atoms with Crippen LogP contribution in [-0.2, 0) is 22.5 Å². The molecule has 6 heteroatoms. The van der Waals surface area contributed by atoms with E-state index in [0.29, 0.717) is 19.6 Å². The second kappa shape index (κ2) is 9.96. The maximum absolute atomic E-state index is 13.6. The molecule has 1 aliphatic carbocycles. The Hall–Kier alpha value is -2.86. The van der Waals surface area contributed by atoms with Crippen molar-refractivity contribution in [3.63, 3.8) is 0 Å². The number of fused-ring (bicyclic) bond motifs is 1. The molecule has 2 aliphatic rings. The fourth-order valence-corrected chi connectivity index (χ4v) is 4.76. The maximum Gasteiger partial charge on any atom is 0.411 e. The van der Waals surface area contributed by atoms with E-state index in [4.69, 9.17) is 4.74 Å². The number of ether oxygens (including phenoxy) is 1. The second-order valence-electron chi connectivity index (χ2n) is 10.1. The zero-order valence-electron chi connectivity index (χ0n) is 19.9. The third kappa shape index (κ3) is 5.93. The summed E-state index contributed by atoms with van der Waals surface area (Å²) in [6.45, 7) is 7.94. The van der Waals surface area contributed by atoms with E-state index in [-0.39, 0.29) is 11.9 Å². The first-order valence-electron chi connectivity index (χ1n) is 11.9. The molecule has 1 fully saturated rings. The lowest BCUT2D eigenvalue weighted by atomic mass is 9.87. The van der Waals surface area contributed by atoms with Gasteiger partial charge in [-0.15, -0.1) is 0 Å². The summed E-state index contributed by atoms with van der Waals surface area (Å²) in [5.74, 6) is -0.111. The molecule has 1 N–H and O–H groups in total. The predicted molar refractivity (Wildman–Crippen MR) is 129 cm³/mol. The molecule has 6 nitrogen and oxygen atoms in total. The highest BCUT2D eigenvalue weighted by Gasteiger charge is 2.38. The molecule has 1 unspecified atom stereocenters. The van der Waals surface area contributed by atoms with Crippen LogP contribution in [0.1, 0.15) is 56.3 Å². The Morgan fingerprint density at radius 1 is 1.03 bits per heavy atom. The SMILES string of the molecule is CC(C)(C)OC(=O)N1CCN(Cc2ccccc2)C[C@H]1C(=O)NC1CCCc2ccccc21. The Bertz CT molecular complexity index is 970. The first-order valence-corrected chi connectivity index (χ1v) is 11.9. The minimum Gasteiger partial charge on any atom is -0.444 e. The largest absolute Gasteiger partial charge is 0.444 e. The van der Waals surface area contributed by atoms with E-state index in [1.807, 2.05) is 45.0 Å². The van der Waals surface area contributed by atoms with E-state index in [2.05, 4.69) is 40.5 Å². The van der Waals surface area contributed by atoms with Crippen molar-refractivity contribution in [3.8, 4) is 0 Å². The highest BCUT2D eigenvalue weighted by molar-refractivity contribution is 5.86. The van der Waals surface area contributed by atoms with E-state index in [0.717, 1.165) is 25.8 Å². The van der Waals surface area contributed by atoms with Crippen molar-refractivity contribution in [3.05, 3.63) is 71.3 Å². The van der Waals surface area contributed by atoms with Crippen LogP contribution in [0.2, 0.25) is 0 Å². The van der Waals surface area contributed by atoms with Crippen molar-refractivity contribution in [1.29, 1.82) is 0 Å². The molecule has 2 amide bonds. The van der Waals surface area contributed by atoms with Crippen LogP contribution in [-0.4, -0.2) is 53.1 Å². The molecule has 1 heterocycles. The van der Waals surface area contributed by atoms with Gasteiger partial charge in [-0.1, -0.05) is 54.6 Å². The molecular weight excluding hydrogens is 414 g/mol. The Morgan fingerprint density at radius 3 is 2.52 bits per heavy atom. The molecule has 0 radical (unpaired) electrons. The van der Waals surface area contributed by atoms with Gasteiger partial charge in [-0.3, -0.25) is 14.6 Å². The molecular formula is C27H35N3O3. The average molecular weight is 450 g/mol. The van der Waals surface area contributed by atoms with Gasteiger partial charge in [-0.2, -0.15) is 0 Å². The number of nitrogens with one attached hydrogen (secondary N) is 1. The van der Waals surface area contributed by atoms with Gasteiger partial charge in [0, 0.05) is 26.2 Å². The van der Waals surface area contributed by atoms with Gasteiger partial charge in [0.1, 0.15) is 11.6 Å². The number of nitrogens with zero attached hydrogens (tertiary/aromatic N) is 2. The highest BCUT2D eigenvalue weighted by Crippen LogP contribution is 2.30. The molecule has 1 aliphatic heterocycles. The molecule has 0 aromatic heterocycles. The van der Waals surface area contributed by atoms with Crippen LogP contribution in [0.4, 0.5) is 4.79 Å². The molecule has 0 spiro atoms. The fraction of sp³-hybridized carbons (Fsp3) is 0.481. The monoisotopic (exact) mass is 449 g/mol. The lowest BCUT2D eigenvalue weighted by molar-refractivity contribution is -0.129. The van der Waals surface area contributed by atoms with Crippen LogP contribution < -0.4 is 5.32 Å². The van der Waals surface area contributed by atoms with Gasteiger partial charge in [0.15, 0.2) is 0 Å². The predicted octanol–water partition coefficient (Wildman–Crippen LogP) is 4.30. The minimum absolute atomic E-state index is 0.0209. The summed E-state index contributed by atoms with van der Waals surface area (Å²) < 4.78 is 5.65. The highest BCUT2D eigenvalue weighted by atomic mass is 16.6. The Labute approximate surface area is 196 Å². The number of amides is 2. The summed E-state index contributed by atoms with van der Waals surface area (Å²) in [4.78, 5) is 30.4. The van der Waals surface area contributed by atoms with E-state index in [1.54, 1.807) is 4.90 Å². The molecule has 0 bridgehead atoms. The maximum atomic E-state index is 13.6. The smallest absolute Gasteiger partial charge is 0.411 e. The Kier molecular flexibility index (Phi) is 7.03. The van der Waals surface area contributed by atoms with Gasteiger partial charge < -0.3 is 10.1 Å². The number of benzene rings is 2. The van der Waals surface area contributed by atoms with Crippen molar-refractivity contribution < 1.29 is 14.3 Å². The average Bonchev–Trinajstić information content (AvgIpc) is 2.79. The number of rotatable bonds is 4. The van der Waals surface area contributed by atoms with Crippen molar-refractivity contribution >= 4 is 12.0 Å². The lowest BCUT2D eigenvalue weighted by Gasteiger charge is -2.41. The number of aryl methyl sites for hydroxylation is 1. The molecule has 2 atom stereocenters. The van der Waals surface area contributed by atoms with Crippen molar-refractivity contribution in [2.45, 2.75) is 64.3 Å². The molecule has 0 saturated carbocycles. The van der Waals surface area contributed by atoms with Crippen LogP contribution in [0, 0.1) is 0 Å². The van der Waals surface area contributed by atoms with E-state index in [9.17, 15) is 9.59 Å². The first-order chi connectivity index (χ1) is 15.8. The fourth-order valence-electron chi connectivity index (χ4n) is 4.76. The molecule has 2 aromatic carbocycles. The topological polar surface area (TPSA) is 61.9 Å². The summed E-state index contributed by atoms with van der Waals surface area (Å²) in [6, 6.07) is 17.9. The summed E-state index contributed by atoms with van der Waals surface area (Å²) in [6.07, 6.45) is 2.57. The van der Waals surface area contributed by atoms with Crippen molar-refractivity contribution in [2.75, 3.05) is 19.6 Å². The van der Waals surface area contributed by atoms with Gasteiger partial charge in [0.25, 0.3) is 0 Å². The van der Waals surface area contributed by atoms with Gasteiger partial charge in [0.2, 0.25) is 5.91 Å². The normalized spacial score (nSPS) is 21.2. The van der Waals surface area contributed by atoms with Gasteiger partial charge in [0.05, 0.1) is 6.04 Å². The van der Waals surface area contributed by atoms with Crippen LogP contribution in [0.3, 0.4) is 0 Å². The Morgan fingerprint density at radius 2 is 1.76 bits per heavy atom. The number of carbonyl (C=O) groups is 2. The van der Waals surface area contributed by atoms with E-state index >= 15 is 0 Å². The molecule has 176 valence electrons. The van der Waals surface area contributed by atoms with E-state index in [1.165, 1.54) is 16.7 Å². The third-order valence-electron chi connectivity index (χ3n) is 6.33. The van der Waals surface area contributed by atoms with E-state index < -0.39 is 17.7 Å². The summed E-state index contributed by atoms with van der Waals surface area (Å²) in [5, 5.41) is 3.26. The van der Waals surface area contributed by atoms with Crippen LogP contribution in [0.15, 0.2) is 54.6 Å². The van der Waals surface area contributed by atoms with Gasteiger partial charge >= 0.3 is 6.09 Å². The lowest BCUT2D eigenvalue weighted by Crippen LogP contribution is -2.61. The van der Waals surface area contributed by atoms with Crippen molar-refractivity contribution in [1.82, 2.24) is 15.1 Å². The van der Waals surface area contributed by atoms with Crippen LogP contribution in [0.5, 0.6) is 0 Å². The standard InChI is InChI=1S/C27H35N3O3/c1-27(2,3)33-26(32)30-17-16-29(18-20-10-5-4-6-11-20)19-24(30)25(31)28-23-15-9-13-21-12-7-8-14-22(21)23/h4-8,10-12,14,23-24H,9,13,15-19H2,1-3H3,(H,28,31)/t23?,24-/m0/s1. The number of carbonyl (C=O) groups excluding carboxylic acids is 2. The first kappa shape index (κ1) is 23.3. The number of piperazine rings is 1. The number of hydrogen-bond donors (Lipinski definition) is 1.